The van der Waals surface area contributed by atoms with Gasteiger partial charge in [0.15, 0.2) is 0 Å². The van der Waals surface area contributed by atoms with Crippen LogP contribution in [0.5, 0.6) is 11.5 Å². The molecule has 0 aliphatic carbocycles. The van der Waals surface area contributed by atoms with Crippen molar-refractivity contribution >= 4 is 11.5 Å². The van der Waals surface area contributed by atoms with E-state index in [9.17, 15) is 0 Å². The van der Waals surface area contributed by atoms with Crippen molar-refractivity contribution in [1.82, 2.24) is 9.97 Å². The molecule has 146 valence electrons. The van der Waals surface area contributed by atoms with E-state index in [-0.39, 0.29) is 0 Å². The molecule has 0 radical (unpaired) electrons. The number of hydrogen-bond donors (Lipinski definition) is 2. The molecular weight excluding hydrogens is 348 g/mol. The second kappa shape index (κ2) is 8.74. The lowest BCUT2D eigenvalue weighted by molar-refractivity contribution is 0.475. The number of rotatable bonds is 7. The number of nitrogen functional groups attached to an aromatic ring is 1. The molecule has 0 amide bonds. The van der Waals surface area contributed by atoms with Crippen LogP contribution in [0.4, 0.5) is 11.5 Å². The number of anilines is 2. The van der Waals surface area contributed by atoms with Crippen LogP contribution in [0.25, 0.3) is 0 Å². The van der Waals surface area contributed by atoms with E-state index < -0.39 is 0 Å². The average molecular weight is 377 g/mol. The van der Waals surface area contributed by atoms with Crippen LogP contribution in [0, 0.1) is 20.8 Å². The van der Waals surface area contributed by atoms with E-state index in [1.54, 1.807) is 6.33 Å². The lowest BCUT2D eigenvalue weighted by atomic mass is 10.1. The van der Waals surface area contributed by atoms with Crippen molar-refractivity contribution in [2.75, 3.05) is 17.6 Å². The molecule has 28 heavy (non-hydrogen) atoms. The summed E-state index contributed by atoms with van der Waals surface area (Å²) < 4.78 is 6.08. The first-order chi connectivity index (χ1) is 13.5. The maximum atomic E-state index is 6.08. The lowest BCUT2D eigenvalue weighted by Gasteiger charge is -2.13. The van der Waals surface area contributed by atoms with E-state index in [2.05, 4.69) is 41.3 Å². The van der Waals surface area contributed by atoms with Crippen LogP contribution in [-0.2, 0) is 12.8 Å². The summed E-state index contributed by atoms with van der Waals surface area (Å²) in [5.74, 6) is 2.61. The minimum absolute atomic E-state index is 0.759. The molecule has 5 heteroatoms. The average Bonchev–Trinajstić information content (AvgIpc) is 2.67. The number of nitrogens with one attached hydrogen (secondary N) is 1. The van der Waals surface area contributed by atoms with E-state index in [0.717, 1.165) is 64.8 Å². The molecule has 0 unspecified atom stereocenters. The van der Waals surface area contributed by atoms with Crippen LogP contribution in [-0.4, -0.2) is 16.5 Å². The molecule has 0 bridgehead atoms. The molecule has 0 saturated heterocycles. The van der Waals surface area contributed by atoms with Crippen LogP contribution in [0.1, 0.15) is 34.9 Å². The van der Waals surface area contributed by atoms with E-state index in [0.29, 0.717) is 0 Å². The third-order valence-electron chi connectivity index (χ3n) is 4.86. The standard InChI is InChI=1S/C23H28N4O/c1-5-21-17(4)23(27-14-26-21)25-11-10-18-6-8-20(9-7-18)28-22-15(2)12-19(24)13-16(22)3/h6-9,12-14H,5,10-11,24H2,1-4H3,(H,25,26,27). The third kappa shape index (κ3) is 4.60. The van der Waals surface area contributed by atoms with Gasteiger partial charge >= 0.3 is 0 Å². The third-order valence-corrected chi connectivity index (χ3v) is 4.86. The van der Waals surface area contributed by atoms with Crippen molar-refractivity contribution in [1.29, 1.82) is 0 Å². The van der Waals surface area contributed by atoms with E-state index in [1.165, 1.54) is 5.56 Å². The highest BCUT2D eigenvalue weighted by Gasteiger charge is 2.08. The molecule has 0 saturated carbocycles. The Hall–Kier alpha value is -3.08. The van der Waals surface area contributed by atoms with Gasteiger partial charge < -0.3 is 15.8 Å². The molecule has 3 rings (SSSR count). The first kappa shape index (κ1) is 19.7. The summed E-state index contributed by atoms with van der Waals surface area (Å²) in [6.07, 6.45) is 3.45. The van der Waals surface area contributed by atoms with Crippen molar-refractivity contribution in [3.05, 3.63) is 70.7 Å². The Morgan fingerprint density at radius 2 is 1.68 bits per heavy atom. The summed E-state index contributed by atoms with van der Waals surface area (Å²) in [6, 6.07) is 12.1. The zero-order chi connectivity index (χ0) is 20.1. The van der Waals surface area contributed by atoms with Crippen molar-refractivity contribution < 1.29 is 4.74 Å². The first-order valence-electron chi connectivity index (χ1n) is 9.65. The van der Waals surface area contributed by atoms with E-state index in [4.69, 9.17) is 10.5 Å². The summed E-state index contributed by atoms with van der Waals surface area (Å²) in [7, 11) is 0. The summed E-state index contributed by atoms with van der Waals surface area (Å²) in [5.41, 5.74) is 12.2. The van der Waals surface area contributed by atoms with E-state index in [1.807, 2.05) is 38.1 Å². The Kier molecular flexibility index (Phi) is 6.14. The summed E-state index contributed by atoms with van der Waals surface area (Å²) in [6.45, 7) is 9.01. The monoisotopic (exact) mass is 376 g/mol. The Labute approximate surface area is 167 Å². The van der Waals surface area contributed by atoms with Gasteiger partial charge in [-0.1, -0.05) is 19.1 Å². The van der Waals surface area contributed by atoms with Gasteiger partial charge in [-0.2, -0.15) is 0 Å². The van der Waals surface area contributed by atoms with Gasteiger partial charge in [0.1, 0.15) is 23.6 Å². The molecular formula is C23H28N4O. The fraction of sp³-hybridized carbons (Fsp3) is 0.304. The van der Waals surface area contributed by atoms with Crippen LogP contribution < -0.4 is 15.8 Å². The molecule has 5 nitrogen and oxygen atoms in total. The molecule has 3 aromatic rings. The Morgan fingerprint density at radius 3 is 2.32 bits per heavy atom. The topological polar surface area (TPSA) is 73.1 Å². The first-order valence-corrected chi connectivity index (χ1v) is 9.65. The second-order valence-corrected chi connectivity index (χ2v) is 7.05. The number of nitrogens with zero attached hydrogens (tertiary/aromatic N) is 2. The highest BCUT2D eigenvalue weighted by Crippen LogP contribution is 2.30. The van der Waals surface area contributed by atoms with Crippen LogP contribution in [0.3, 0.4) is 0 Å². The number of nitrogens with two attached hydrogens (primary N) is 1. The van der Waals surface area contributed by atoms with Gasteiger partial charge in [-0.25, -0.2) is 9.97 Å². The predicted molar refractivity (Wildman–Crippen MR) is 115 cm³/mol. The second-order valence-electron chi connectivity index (χ2n) is 7.05. The largest absolute Gasteiger partial charge is 0.457 e. The minimum atomic E-state index is 0.759. The fourth-order valence-electron chi connectivity index (χ4n) is 3.33. The molecule has 1 aromatic heterocycles. The van der Waals surface area contributed by atoms with Crippen LogP contribution >= 0.6 is 0 Å². The Morgan fingerprint density at radius 1 is 1.00 bits per heavy atom. The van der Waals surface area contributed by atoms with Crippen LogP contribution in [0.2, 0.25) is 0 Å². The Balaban J connectivity index is 1.60. The van der Waals surface area contributed by atoms with Crippen molar-refractivity contribution in [3.63, 3.8) is 0 Å². The maximum Gasteiger partial charge on any atom is 0.133 e. The minimum Gasteiger partial charge on any atom is -0.457 e. The molecule has 2 aromatic carbocycles. The van der Waals surface area contributed by atoms with Gasteiger partial charge in [0.25, 0.3) is 0 Å². The summed E-state index contributed by atoms with van der Waals surface area (Å²) >= 11 is 0. The maximum absolute atomic E-state index is 6.08. The van der Waals surface area contributed by atoms with Gasteiger partial charge in [0, 0.05) is 23.5 Å². The smallest absolute Gasteiger partial charge is 0.133 e. The SMILES string of the molecule is CCc1ncnc(NCCc2ccc(Oc3c(C)cc(N)cc3C)cc2)c1C. The van der Waals surface area contributed by atoms with E-state index >= 15 is 0 Å². The van der Waals surface area contributed by atoms with Crippen molar-refractivity contribution in [3.8, 4) is 11.5 Å². The van der Waals surface area contributed by atoms with Crippen molar-refractivity contribution in [2.24, 2.45) is 0 Å². The zero-order valence-corrected chi connectivity index (χ0v) is 17.0. The van der Waals surface area contributed by atoms with Gasteiger partial charge in [-0.05, 0) is 74.6 Å². The fourth-order valence-corrected chi connectivity index (χ4v) is 3.33. The Bertz CT molecular complexity index is 928. The number of ether oxygens (including phenoxy) is 1. The molecule has 0 aliphatic heterocycles. The summed E-state index contributed by atoms with van der Waals surface area (Å²) in [5, 5.41) is 3.42. The highest BCUT2D eigenvalue weighted by atomic mass is 16.5. The molecule has 0 aliphatic rings. The normalized spacial score (nSPS) is 10.7. The molecule has 0 atom stereocenters. The quantitative estimate of drug-likeness (QED) is 0.568. The van der Waals surface area contributed by atoms with Gasteiger partial charge in [0.05, 0.1) is 0 Å². The van der Waals surface area contributed by atoms with Crippen LogP contribution in [0.15, 0.2) is 42.7 Å². The summed E-state index contributed by atoms with van der Waals surface area (Å²) in [4.78, 5) is 8.66. The lowest BCUT2D eigenvalue weighted by Crippen LogP contribution is -2.09. The number of benzene rings is 2. The number of aryl methyl sites for hydroxylation is 3. The molecule has 0 fully saturated rings. The predicted octanol–water partition coefficient (Wildman–Crippen LogP) is 4.99. The molecule has 1 heterocycles. The van der Waals surface area contributed by atoms with Gasteiger partial charge in [-0.3, -0.25) is 0 Å². The highest BCUT2D eigenvalue weighted by molar-refractivity contribution is 5.53. The number of hydrogen-bond acceptors (Lipinski definition) is 5. The van der Waals surface area contributed by atoms with Crippen molar-refractivity contribution in [2.45, 2.75) is 40.5 Å². The molecule has 0 spiro atoms. The molecule has 3 N–H and O–H groups in total. The number of aromatic nitrogens is 2. The van der Waals surface area contributed by atoms with Gasteiger partial charge in [0.2, 0.25) is 0 Å². The van der Waals surface area contributed by atoms with Gasteiger partial charge in [-0.15, -0.1) is 0 Å². The zero-order valence-electron chi connectivity index (χ0n) is 17.0.